The summed E-state index contributed by atoms with van der Waals surface area (Å²) < 4.78 is 1.86. The highest BCUT2D eigenvalue weighted by molar-refractivity contribution is 6.06. The van der Waals surface area contributed by atoms with Crippen molar-refractivity contribution in [3.8, 4) is 34.1 Å². The second-order valence-electron chi connectivity index (χ2n) is 11.0. The van der Waals surface area contributed by atoms with Crippen molar-refractivity contribution in [2.45, 2.75) is 32.2 Å². The van der Waals surface area contributed by atoms with E-state index in [-0.39, 0.29) is 12.2 Å². The molecule has 4 aromatic carbocycles. The van der Waals surface area contributed by atoms with Crippen molar-refractivity contribution >= 4 is 22.6 Å². The number of amides is 2. The third-order valence-corrected chi connectivity index (χ3v) is 7.71. The molecular formula is C37H33N5O3. The molecule has 2 amide bonds. The average molecular weight is 596 g/mol. The second-order valence-corrected chi connectivity index (χ2v) is 11.0. The molecule has 1 atom stereocenters. The number of carbonyl (C=O) groups excluding carboxylic acids is 2. The zero-order valence-electron chi connectivity index (χ0n) is 24.9. The summed E-state index contributed by atoms with van der Waals surface area (Å²) in [5, 5.41) is 19.0. The first kappa shape index (κ1) is 29.5. The third kappa shape index (κ3) is 6.66. The van der Waals surface area contributed by atoms with Crippen molar-refractivity contribution in [2.75, 3.05) is 0 Å². The van der Waals surface area contributed by atoms with Gasteiger partial charge in [-0.1, -0.05) is 74.0 Å². The average Bonchev–Trinajstić information content (AvgIpc) is 3.52. The number of rotatable bonds is 9. The molecule has 2 heterocycles. The van der Waals surface area contributed by atoms with Gasteiger partial charge in [-0.15, -0.1) is 0 Å². The number of aryl methyl sites for hydroxylation is 1. The molecule has 0 aliphatic carbocycles. The number of nitrogens with one attached hydrogen (secondary N) is 1. The Morgan fingerprint density at radius 3 is 2.33 bits per heavy atom. The van der Waals surface area contributed by atoms with E-state index >= 15 is 0 Å². The largest absolute Gasteiger partial charge is 0.508 e. The summed E-state index contributed by atoms with van der Waals surface area (Å²) in [6, 6.07) is 32.9. The minimum atomic E-state index is -0.934. The van der Waals surface area contributed by atoms with Gasteiger partial charge in [-0.3, -0.25) is 19.9 Å². The Hall–Kier alpha value is -5.60. The van der Waals surface area contributed by atoms with E-state index in [0.717, 1.165) is 51.8 Å². The maximum Gasteiger partial charge on any atom is 0.257 e. The Kier molecular flexibility index (Phi) is 8.48. The summed E-state index contributed by atoms with van der Waals surface area (Å²) in [7, 11) is 0. The van der Waals surface area contributed by atoms with E-state index in [1.807, 2.05) is 65.5 Å². The van der Waals surface area contributed by atoms with Crippen molar-refractivity contribution in [1.82, 2.24) is 20.1 Å². The molecule has 4 N–H and O–H groups in total. The summed E-state index contributed by atoms with van der Waals surface area (Å²) in [6.07, 6.45) is 4.12. The lowest BCUT2D eigenvalue weighted by Gasteiger charge is -2.13. The van der Waals surface area contributed by atoms with Crippen LogP contribution in [0.4, 0.5) is 0 Å². The van der Waals surface area contributed by atoms with Crippen LogP contribution in [-0.2, 0) is 17.6 Å². The van der Waals surface area contributed by atoms with Crippen LogP contribution in [0, 0.1) is 0 Å². The van der Waals surface area contributed by atoms with Crippen LogP contribution in [0.5, 0.6) is 5.75 Å². The first-order chi connectivity index (χ1) is 21.9. The minimum absolute atomic E-state index is 0.127. The summed E-state index contributed by atoms with van der Waals surface area (Å²) in [5.41, 5.74) is 12.3. The van der Waals surface area contributed by atoms with Gasteiger partial charge in [0, 0.05) is 22.7 Å². The Labute approximate surface area is 261 Å². The van der Waals surface area contributed by atoms with Crippen LogP contribution in [0.2, 0.25) is 0 Å². The van der Waals surface area contributed by atoms with Gasteiger partial charge < -0.3 is 10.8 Å². The van der Waals surface area contributed by atoms with E-state index in [1.54, 1.807) is 30.3 Å². The monoisotopic (exact) mass is 595 g/mol. The predicted molar refractivity (Wildman–Crippen MR) is 176 cm³/mol. The number of phenolic OH excluding ortho intramolecular Hbond substituents is 1. The molecule has 2 aromatic heterocycles. The maximum atomic E-state index is 13.2. The van der Waals surface area contributed by atoms with Crippen LogP contribution < -0.4 is 11.1 Å². The standard InChI is InChI=1S/C37H33N5O3/c1-2-6-24-11-15-30(16-12-24)42-35(22-34(41-42)33-21-26-7-3-4-8-29(26)23-39-33)27-9-5-10-28(20-27)36(44)40-37(45)32(38)19-25-13-17-31(43)18-14-25/h3-5,7-18,20-23,32,43H,2,6,19,38H2,1H3,(H,40,44,45). The van der Waals surface area contributed by atoms with Gasteiger partial charge in [0.15, 0.2) is 0 Å². The lowest BCUT2D eigenvalue weighted by atomic mass is 10.0. The van der Waals surface area contributed by atoms with Gasteiger partial charge in [0.2, 0.25) is 5.91 Å². The van der Waals surface area contributed by atoms with E-state index in [4.69, 9.17) is 10.8 Å². The molecule has 0 radical (unpaired) electrons. The molecule has 0 fully saturated rings. The Morgan fingerprint density at radius 1 is 0.844 bits per heavy atom. The number of hydrogen-bond donors (Lipinski definition) is 3. The number of aromatic hydroxyl groups is 1. The van der Waals surface area contributed by atoms with Crippen molar-refractivity contribution in [1.29, 1.82) is 0 Å². The fourth-order valence-electron chi connectivity index (χ4n) is 5.30. The number of carbonyl (C=O) groups is 2. The lowest BCUT2D eigenvalue weighted by molar-refractivity contribution is -0.121. The van der Waals surface area contributed by atoms with E-state index < -0.39 is 17.9 Å². The highest BCUT2D eigenvalue weighted by Crippen LogP contribution is 2.30. The van der Waals surface area contributed by atoms with Gasteiger partial charge in [0.05, 0.1) is 23.1 Å². The summed E-state index contributed by atoms with van der Waals surface area (Å²) in [4.78, 5) is 30.7. The van der Waals surface area contributed by atoms with Crippen LogP contribution in [-0.4, -0.2) is 37.7 Å². The molecule has 8 nitrogen and oxygen atoms in total. The second kappa shape index (κ2) is 13.0. The highest BCUT2D eigenvalue weighted by atomic mass is 16.3. The number of pyridine rings is 1. The van der Waals surface area contributed by atoms with Crippen LogP contribution in [0.1, 0.15) is 34.8 Å². The maximum absolute atomic E-state index is 13.2. The molecule has 0 bridgehead atoms. The number of nitrogens with zero attached hydrogens (tertiary/aromatic N) is 3. The number of nitrogens with two attached hydrogens (primary N) is 1. The van der Waals surface area contributed by atoms with Gasteiger partial charge in [0.1, 0.15) is 11.4 Å². The van der Waals surface area contributed by atoms with Crippen LogP contribution in [0.15, 0.2) is 115 Å². The number of aromatic nitrogens is 3. The summed E-state index contributed by atoms with van der Waals surface area (Å²) >= 11 is 0. The SMILES string of the molecule is CCCc1ccc(-n2nc(-c3cc4ccccc4cn3)cc2-c2cccc(C(=O)NC(=O)C(N)Cc3ccc(O)cc3)c2)cc1. The van der Waals surface area contributed by atoms with E-state index in [0.29, 0.717) is 11.3 Å². The topological polar surface area (TPSA) is 123 Å². The normalized spacial score (nSPS) is 11.8. The van der Waals surface area contributed by atoms with Crippen LogP contribution in [0.3, 0.4) is 0 Å². The Balaban J connectivity index is 1.31. The fraction of sp³-hybridized carbons (Fsp3) is 0.135. The molecule has 224 valence electrons. The molecule has 0 saturated heterocycles. The van der Waals surface area contributed by atoms with Gasteiger partial charge >= 0.3 is 0 Å². The zero-order chi connectivity index (χ0) is 31.3. The number of imide groups is 1. The Morgan fingerprint density at radius 2 is 1.58 bits per heavy atom. The molecule has 45 heavy (non-hydrogen) atoms. The number of phenols is 1. The van der Waals surface area contributed by atoms with Crippen molar-refractivity contribution in [3.05, 3.63) is 132 Å². The highest BCUT2D eigenvalue weighted by Gasteiger charge is 2.20. The van der Waals surface area contributed by atoms with Crippen LogP contribution in [0.25, 0.3) is 39.1 Å². The minimum Gasteiger partial charge on any atom is -0.508 e. The lowest BCUT2D eigenvalue weighted by Crippen LogP contribution is -2.44. The molecule has 1 unspecified atom stereocenters. The zero-order valence-corrected chi connectivity index (χ0v) is 24.9. The van der Waals surface area contributed by atoms with Crippen molar-refractivity contribution in [2.24, 2.45) is 5.73 Å². The van der Waals surface area contributed by atoms with E-state index in [2.05, 4.69) is 29.4 Å². The first-order valence-corrected chi connectivity index (χ1v) is 14.9. The molecule has 0 spiro atoms. The third-order valence-electron chi connectivity index (χ3n) is 7.71. The summed E-state index contributed by atoms with van der Waals surface area (Å²) in [6.45, 7) is 2.16. The van der Waals surface area contributed by atoms with Gasteiger partial charge in [-0.25, -0.2) is 4.68 Å². The molecule has 0 aliphatic rings. The first-order valence-electron chi connectivity index (χ1n) is 14.9. The summed E-state index contributed by atoms with van der Waals surface area (Å²) in [5.74, 6) is -1.00. The predicted octanol–water partition coefficient (Wildman–Crippen LogP) is 6.24. The molecule has 0 saturated carbocycles. The van der Waals surface area contributed by atoms with Crippen LogP contribution >= 0.6 is 0 Å². The van der Waals surface area contributed by atoms with E-state index in [1.165, 1.54) is 17.7 Å². The Bertz CT molecular complexity index is 1980. The number of fused-ring (bicyclic) bond motifs is 1. The fourth-order valence-corrected chi connectivity index (χ4v) is 5.30. The molecular weight excluding hydrogens is 562 g/mol. The quantitative estimate of drug-likeness (QED) is 0.182. The van der Waals surface area contributed by atoms with Crippen molar-refractivity contribution in [3.63, 3.8) is 0 Å². The number of benzene rings is 4. The van der Waals surface area contributed by atoms with Gasteiger partial charge in [-0.2, -0.15) is 5.10 Å². The molecule has 8 heteroatoms. The van der Waals surface area contributed by atoms with E-state index in [9.17, 15) is 14.7 Å². The van der Waals surface area contributed by atoms with Gasteiger partial charge in [-0.05, 0) is 77.9 Å². The van der Waals surface area contributed by atoms with Crippen molar-refractivity contribution < 1.29 is 14.7 Å². The smallest absolute Gasteiger partial charge is 0.257 e. The molecule has 6 aromatic rings. The van der Waals surface area contributed by atoms with Gasteiger partial charge in [0.25, 0.3) is 5.91 Å². The molecule has 0 aliphatic heterocycles. The number of hydrogen-bond acceptors (Lipinski definition) is 6. The molecule has 6 rings (SSSR count).